The van der Waals surface area contributed by atoms with Crippen LogP contribution >= 0.6 is 11.6 Å². The van der Waals surface area contributed by atoms with Crippen molar-refractivity contribution in [3.8, 4) is 11.3 Å². The summed E-state index contributed by atoms with van der Waals surface area (Å²) < 4.78 is 121. The van der Waals surface area contributed by atoms with E-state index in [1.807, 2.05) is 0 Å². The molecule has 3 unspecified atom stereocenters. The van der Waals surface area contributed by atoms with Crippen LogP contribution in [0.25, 0.3) is 11.3 Å². The molecule has 1 aliphatic heterocycles. The van der Waals surface area contributed by atoms with Gasteiger partial charge >= 0.3 is 12.4 Å². The molecule has 0 radical (unpaired) electrons. The predicted molar refractivity (Wildman–Crippen MR) is 128 cm³/mol. The topological polar surface area (TPSA) is 118 Å². The molecule has 9 nitrogen and oxygen atoms in total. The van der Waals surface area contributed by atoms with Gasteiger partial charge in [-0.05, 0) is 30.7 Å². The van der Waals surface area contributed by atoms with Gasteiger partial charge in [0, 0.05) is 43.3 Å². The van der Waals surface area contributed by atoms with Crippen LogP contribution in [0, 0.1) is 0 Å². The number of hydrogen-bond donors (Lipinski definition) is 1. The van der Waals surface area contributed by atoms with Crippen molar-refractivity contribution in [1.82, 2.24) is 29.6 Å². The Hall–Kier alpha value is -3.44. The molecule has 1 N–H and O–H groups in total. The van der Waals surface area contributed by atoms with E-state index in [1.165, 1.54) is 13.0 Å². The predicted octanol–water partition coefficient (Wildman–Crippen LogP) is 4.43. The van der Waals surface area contributed by atoms with Gasteiger partial charge in [-0.15, -0.1) is 0 Å². The van der Waals surface area contributed by atoms with Gasteiger partial charge < -0.3 is 5.32 Å². The Morgan fingerprint density at radius 2 is 1.68 bits per heavy atom. The third-order valence-corrected chi connectivity index (χ3v) is 8.41. The number of carbonyl (C=O) groups excluding carboxylic acids is 1. The smallest absolute Gasteiger partial charge is 0.351 e. The lowest BCUT2D eigenvalue weighted by atomic mass is 10.1. The molecule has 18 heteroatoms. The van der Waals surface area contributed by atoms with E-state index < -0.39 is 76.5 Å². The molecule has 1 fully saturated rings. The molecule has 0 saturated carbocycles. The van der Waals surface area contributed by atoms with Crippen LogP contribution in [0.5, 0.6) is 0 Å². The highest BCUT2D eigenvalue weighted by Crippen LogP contribution is 2.35. The molecule has 220 valence electrons. The molecule has 0 aliphatic carbocycles. The van der Waals surface area contributed by atoms with Crippen molar-refractivity contribution in [2.24, 2.45) is 0 Å². The van der Waals surface area contributed by atoms with Crippen LogP contribution in [-0.4, -0.2) is 56.8 Å². The molecule has 0 aromatic carbocycles. The number of rotatable bonds is 6. The second kappa shape index (κ2) is 11.1. The van der Waals surface area contributed by atoms with Crippen molar-refractivity contribution in [2.75, 3.05) is 0 Å². The second-order valence-electron chi connectivity index (χ2n) is 8.90. The fraction of sp³-hybridized carbons (Fsp3) is 0.348. The molecule has 3 aromatic heterocycles. The first kappa shape index (κ1) is 30.5. The summed E-state index contributed by atoms with van der Waals surface area (Å²) in [6, 6.07) is 0.261. The van der Waals surface area contributed by atoms with Crippen molar-refractivity contribution in [2.45, 2.75) is 55.4 Å². The monoisotopic (exact) mass is 626 g/mol. The van der Waals surface area contributed by atoms with Crippen LogP contribution in [0.3, 0.4) is 0 Å². The molecule has 0 spiro atoms. The number of amides is 1. The Labute approximate surface area is 232 Å². The van der Waals surface area contributed by atoms with Crippen molar-refractivity contribution < 1.29 is 43.9 Å². The first-order valence-corrected chi connectivity index (χ1v) is 13.3. The number of pyridine rings is 2. The normalized spacial score (nSPS) is 20.3. The number of nitrogens with zero attached hydrogens (tertiary/aromatic N) is 5. The van der Waals surface area contributed by atoms with E-state index in [4.69, 9.17) is 11.6 Å². The van der Waals surface area contributed by atoms with Gasteiger partial charge in [-0.2, -0.15) is 30.6 Å². The molecular weight excluding hydrogens is 609 g/mol. The largest absolute Gasteiger partial charge is 0.451 e. The number of aromatic nitrogens is 4. The standard InChI is InChI=1S/C23H18ClF7N6O3S/c1-11-16(25)5-18(37(11)41(39,40)14-2-3-19(24)33-9-14)20(38)34-6-12-4-17(32-10-15(12)22(26,27)28)13-7-35-21(36-8-13)23(29,30)31/h2-4,7-11,16,18H,5-6H2,1H3,(H,34,38). The summed E-state index contributed by atoms with van der Waals surface area (Å²) in [5.74, 6) is -2.54. The van der Waals surface area contributed by atoms with Crippen LogP contribution in [0.15, 0.2) is 47.9 Å². The number of hydrogen-bond acceptors (Lipinski definition) is 7. The summed E-state index contributed by atoms with van der Waals surface area (Å²) in [4.78, 5) is 26.3. The zero-order valence-corrected chi connectivity index (χ0v) is 22.2. The maximum absolute atomic E-state index is 14.7. The van der Waals surface area contributed by atoms with E-state index in [1.54, 1.807) is 0 Å². The molecule has 4 rings (SSSR count). The Balaban J connectivity index is 1.61. The van der Waals surface area contributed by atoms with Gasteiger partial charge in [0.25, 0.3) is 0 Å². The third kappa shape index (κ3) is 6.41. The molecule has 3 aromatic rings. The highest BCUT2D eigenvalue weighted by Gasteiger charge is 2.49. The Morgan fingerprint density at radius 3 is 2.24 bits per heavy atom. The van der Waals surface area contributed by atoms with Crippen LogP contribution in [-0.2, 0) is 33.7 Å². The summed E-state index contributed by atoms with van der Waals surface area (Å²) in [5.41, 5.74) is -2.18. The van der Waals surface area contributed by atoms with Crippen molar-refractivity contribution in [3.05, 3.63) is 65.1 Å². The minimum atomic E-state index is -4.94. The van der Waals surface area contributed by atoms with E-state index in [2.05, 4.69) is 25.3 Å². The zero-order valence-electron chi connectivity index (χ0n) is 20.6. The van der Waals surface area contributed by atoms with Crippen molar-refractivity contribution >= 4 is 27.5 Å². The van der Waals surface area contributed by atoms with Gasteiger partial charge in [-0.3, -0.25) is 9.78 Å². The third-order valence-electron chi connectivity index (χ3n) is 6.21. The molecular formula is C23H18ClF7N6O3S. The van der Waals surface area contributed by atoms with E-state index in [0.29, 0.717) is 10.5 Å². The lowest BCUT2D eigenvalue weighted by Gasteiger charge is -2.27. The summed E-state index contributed by atoms with van der Waals surface area (Å²) in [7, 11) is -4.48. The molecule has 0 bridgehead atoms. The number of carbonyl (C=O) groups is 1. The van der Waals surface area contributed by atoms with Crippen LogP contribution in [0.4, 0.5) is 30.7 Å². The quantitative estimate of drug-likeness (QED) is 0.318. The minimum absolute atomic E-state index is 0.0175. The van der Waals surface area contributed by atoms with Gasteiger partial charge in [-0.25, -0.2) is 27.8 Å². The molecule has 4 heterocycles. The maximum atomic E-state index is 14.7. The Bertz CT molecular complexity index is 1540. The highest BCUT2D eigenvalue weighted by atomic mass is 35.5. The maximum Gasteiger partial charge on any atom is 0.451 e. The molecule has 1 saturated heterocycles. The van der Waals surface area contributed by atoms with Gasteiger partial charge in [0.2, 0.25) is 21.8 Å². The number of halogens is 8. The van der Waals surface area contributed by atoms with E-state index in [9.17, 15) is 43.9 Å². The second-order valence-corrected chi connectivity index (χ2v) is 11.1. The zero-order chi connectivity index (χ0) is 30.3. The summed E-state index contributed by atoms with van der Waals surface area (Å²) >= 11 is 5.69. The van der Waals surface area contributed by atoms with E-state index in [-0.39, 0.29) is 21.3 Å². The number of nitrogens with one attached hydrogen (secondary N) is 1. The van der Waals surface area contributed by atoms with Crippen LogP contribution in [0.2, 0.25) is 5.15 Å². The fourth-order valence-electron chi connectivity index (χ4n) is 4.17. The lowest BCUT2D eigenvalue weighted by molar-refractivity contribution is -0.145. The SMILES string of the molecule is CC1C(F)CC(C(=O)NCc2cc(-c3cnc(C(F)(F)F)nc3)ncc2C(F)(F)F)N1S(=O)(=O)c1ccc(Cl)nc1. The van der Waals surface area contributed by atoms with Crippen molar-refractivity contribution in [3.63, 3.8) is 0 Å². The minimum Gasteiger partial charge on any atom is -0.351 e. The average Bonchev–Trinajstić information content (AvgIpc) is 3.21. The highest BCUT2D eigenvalue weighted by molar-refractivity contribution is 7.89. The molecule has 1 amide bonds. The molecule has 41 heavy (non-hydrogen) atoms. The molecule has 3 atom stereocenters. The Morgan fingerprint density at radius 1 is 1.02 bits per heavy atom. The van der Waals surface area contributed by atoms with Crippen molar-refractivity contribution in [1.29, 1.82) is 0 Å². The van der Waals surface area contributed by atoms with E-state index >= 15 is 0 Å². The summed E-state index contributed by atoms with van der Waals surface area (Å²) in [6.45, 7) is 0.435. The van der Waals surface area contributed by atoms with Crippen LogP contribution in [0.1, 0.15) is 30.3 Å². The number of sulfonamides is 1. The van der Waals surface area contributed by atoms with Gasteiger partial charge in [-0.1, -0.05) is 11.6 Å². The first-order chi connectivity index (χ1) is 19.0. The first-order valence-electron chi connectivity index (χ1n) is 11.5. The summed E-state index contributed by atoms with van der Waals surface area (Å²) in [6.07, 6.45) is -9.32. The molecule has 1 aliphatic rings. The number of alkyl halides is 7. The summed E-state index contributed by atoms with van der Waals surface area (Å²) in [5, 5.41) is 2.19. The van der Waals surface area contributed by atoms with Crippen LogP contribution < -0.4 is 5.32 Å². The van der Waals surface area contributed by atoms with Gasteiger partial charge in [0.1, 0.15) is 22.3 Å². The van der Waals surface area contributed by atoms with E-state index in [0.717, 1.165) is 30.7 Å². The van der Waals surface area contributed by atoms with Gasteiger partial charge in [0.05, 0.1) is 17.3 Å². The van der Waals surface area contributed by atoms with Gasteiger partial charge in [0.15, 0.2) is 0 Å². The fourth-order valence-corrected chi connectivity index (χ4v) is 6.03. The lowest BCUT2D eigenvalue weighted by Crippen LogP contribution is -2.48. The average molecular weight is 627 g/mol. The Kier molecular flexibility index (Phi) is 8.26.